The number of oxazole rings is 1. The van der Waals surface area contributed by atoms with Gasteiger partial charge in [0.15, 0.2) is 5.58 Å². The quantitative estimate of drug-likeness (QED) is 0.737. The highest BCUT2D eigenvalue weighted by Gasteiger charge is 2.08. The molecule has 0 saturated heterocycles. The molecule has 5 heteroatoms. The van der Waals surface area contributed by atoms with E-state index in [1.807, 2.05) is 6.07 Å². The normalized spacial score (nSPS) is 11.0. The molecule has 2 rings (SSSR count). The molecular formula is C8H4Br2ClNO. The van der Waals surface area contributed by atoms with Gasteiger partial charge < -0.3 is 4.42 Å². The summed E-state index contributed by atoms with van der Waals surface area (Å²) in [6.45, 7) is 0. The van der Waals surface area contributed by atoms with E-state index in [1.165, 1.54) is 0 Å². The first-order valence-corrected chi connectivity index (χ1v) is 5.80. The van der Waals surface area contributed by atoms with Gasteiger partial charge in [-0.2, -0.15) is 0 Å². The Morgan fingerprint density at radius 3 is 2.92 bits per heavy atom. The zero-order chi connectivity index (χ0) is 9.42. The lowest BCUT2D eigenvalue weighted by Crippen LogP contribution is -1.73. The molecule has 0 radical (unpaired) electrons. The van der Waals surface area contributed by atoms with Crippen LogP contribution in [0.3, 0.4) is 0 Å². The molecule has 1 aromatic carbocycles. The van der Waals surface area contributed by atoms with Gasteiger partial charge in [0.05, 0.1) is 10.4 Å². The minimum atomic E-state index is 0.573. The van der Waals surface area contributed by atoms with E-state index < -0.39 is 0 Å². The van der Waals surface area contributed by atoms with Gasteiger partial charge in [-0.15, -0.1) is 0 Å². The Kier molecular flexibility index (Phi) is 2.62. The van der Waals surface area contributed by atoms with E-state index in [2.05, 4.69) is 36.8 Å². The van der Waals surface area contributed by atoms with Crippen LogP contribution in [0.15, 0.2) is 21.0 Å². The highest BCUT2D eigenvalue weighted by molar-refractivity contribution is 9.10. The van der Waals surface area contributed by atoms with Gasteiger partial charge >= 0.3 is 0 Å². The first-order chi connectivity index (χ1) is 6.20. The number of halogens is 3. The van der Waals surface area contributed by atoms with Crippen LogP contribution in [-0.4, -0.2) is 4.98 Å². The number of hydrogen-bond donors (Lipinski definition) is 0. The molecule has 0 saturated carbocycles. The zero-order valence-corrected chi connectivity index (χ0v) is 10.3. The van der Waals surface area contributed by atoms with Gasteiger partial charge in [0.25, 0.3) is 0 Å². The summed E-state index contributed by atoms with van der Waals surface area (Å²) in [5.74, 6) is 0.634. The molecule has 13 heavy (non-hydrogen) atoms. The minimum absolute atomic E-state index is 0.573. The molecule has 0 atom stereocenters. The maximum Gasteiger partial charge on any atom is 0.206 e. The number of aromatic nitrogens is 1. The van der Waals surface area contributed by atoms with Gasteiger partial charge in [-0.25, -0.2) is 4.98 Å². The molecule has 0 amide bonds. The molecule has 0 unspecified atom stereocenters. The Bertz CT molecular complexity index is 455. The Morgan fingerprint density at radius 2 is 2.23 bits per heavy atom. The number of rotatable bonds is 1. The number of fused-ring (bicyclic) bond motifs is 1. The fourth-order valence-corrected chi connectivity index (χ4v) is 2.13. The Balaban J connectivity index is 2.75. The van der Waals surface area contributed by atoms with Crippen molar-refractivity contribution in [2.75, 3.05) is 0 Å². The van der Waals surface area contributed by atoms with E-state index in [1.54, 1.807) is 6.07 Å². The monoisotopic (exact) mass is 323 g/mol. The van der Waals surface area contributed by atoms with Crippen molar-refractivity contribution in [1.82, 2.24) is 4.98 Å². The van der Waals surface area contributed by atoms with Crippen LogP contribution in [0, 0.1) is 0 Å². The molecule has 0 aliphatic heterocycles. The largest absolute Gasteiger partial charge is 0.438 e. The second-order valence-corrected chi connectivity index (χ2v) is 4.36. The molecule has 2 aromatic rings. The van der Waals surface area contributed by atoms with E-state index in [0.29, 0.717) is 21.8 Å². The van der Waals surface area contributed by atoms with Gasteiger partial charge in [0.1, 0.15) is 5.52 Å². The fourth-order valence-electron chi connectivity index (χ4n) is 1.06. The van der Waals surface area contributed by atoms with Crippen molar-refractivity contribution in [3.8, 4) is 0 Å². The fraction of sp³-hybridized carbons (Fsp3) is 0.125. The van der Waals surface area contributed by atoms with Crippen LogP contribution >= 0.6 is 43.5 Å². The smallest absolute Gasteiger partial charge is 0.206 e. The molecule has 0 fully saturated rings. The van der Waals surface area contributed by atoms with Gasteiger partial charge in [-0.05, 0) is 12.1 Å². The summed E-state index contributed by atoms with van der Waals surface area (Å²) in [5.41, 5.74) is 1.41. The lowest BCUT2D eigenvalue weighted by molar-refractivity contribution is 0.557. The second-order valence-electron chi connectivity index (χ2n) is 2.48. The van der Waals surface area contributed by atoms with Crippen molar-refractivity contribution >= 4 is 54.6 Å². The number of nitrogens with zero attached hydrogens (tertiary/aromatic N) is 1. The van der Waals surface area contributed by atoms with Crippen molar-refractivity contribution in [2.24, 2.45) is 0 Å². The predicted molar refractivity (Wildman–Crippen MR) is 59.4 cm³/mol. The number of alkyl halides is 1. The van der Waals surface area contributed by atoms with Crippen molar-refractivity contribution in [2.45, 2.75) is 5.33 Å². The lowest BCUT2D eigenvalue weighted by Gasteiger charge is -1.91. The van der Waals surface area contributed by atoms with Crippen molar-refractivity contribution in [3.63, 3.8) is 0 Å². The summed E-state index contributed by atoms with van der Waals surface area (Å²) in [6, 6.07) is 3.66. The molecular weight excluding hydrogens is 321 g/mol. The van der Waals surface area contributed by atoms with Gasteiger partial charge in [-0.3, -0.25) is 0 Å². The second kappa shape index (κ2) is 3.59. The third kappa shape index (κ3) is 1.75. The Labute approximate surface area is 96.5 Å². The average molecular weight is 325 g/mol. The molecule has 1 heterocycles. The molecule has 0 aliphatic carbocycles. The maximum atomic E-state index is 5.95. The number of hydrogen-bond acceptors (Lipinski definition) is 2. The topological polar surface area (TPSA) is 26.0 Å². The van der Waals surface area contributed by atoms with Crippen LogP contribution in [0.1, 0.15) is 5.89 Å². The summed E-state index contributed by atoms with van der Waals surface area (Å²) in [5, 5.41) is 1.17. The van der Waals surface area contributed by atoms with Crippen molar-refractivity contribution in [1.29, 1.82) is 0 Å². The van der Waals surface area contributed by atoms with Crippen LogP contribution in [0.5, 0.6) is 0 Å². The molecule has 0 aliphatic rings. The summed E-state index contributed by atoms with van der Waals surface area (Å²) in [7, 11) is 0. The number of benzene rings is 1. The van der Waals surface area contributed by atoms with Crippen LogP contribution in [-0.2, 0) is 5.33 Å². The molecule has 1 aromatic heterocycles. The molecule has 68 valence electrons. The van der Waals surface area contributed by atoms with E-state index >= 15 is 0 Å². The lowest BCUT2D eigenvalue weighted by atomic mass is 10.3. The predicted octanol–water partition coefficient (Wildman–Crippen LogP) is 4.14. The van der Waals surface area contributed by atoms with Gasteiger partial charge in [0, 0.05) is 4.47 Å². The molecule has 0 bridgehead atoms. The van der Waals surface area contributed by atoms with E-state index in [9.17, 15) is 0 Å². The Morgan fingerprint density at radius 1 is 1.46 bits per heavy atom. The van der Waals surface area contributed by atoms with Gasteiger partial charge in [0.2, 0.25) is 5.89 Å². The van der Waals surface area contributed by atoms with Crippen LogP contribution in [0.4, 0.5) is 0 Å². The van der Waals surface area contributed by atoms with Crippen LogP contribution < -0.4 is 0 Å². The summed E-state index contributed by atoms with van der Waals surface area (Å²) < 4.78 is 6.29. The van der Waals surface area contributed by atoms with E-state index in [0.717, 1.165) is 9.99 Å². The third-order valence-electron chi connectivity index (χ3n) is 1.57. The SMILES string of the molecule is Clc1cc(Br)cc2nc(CBr)oc12. The van der Waals surface area contributed by atoms with Crippen LogP contribution in [0.2, 0.25) is 5.02 Å². The first kappa shape index (κ1) is 9.49. The summed E-state index contributed by atoms with van der Waals surface area (Å²) >= 11 is 12.6. The summed E-state index contributed by atoms with van der Waals surface area (Å²) in [4.78, 5) is 4.22. The summed E-state index contributed by atoms with van der Waals surface area (Å²) in [6.07, 6.45) is 0. The highest BCUT2D eigenvalue weighted by Crippen LogP contribution is 2.28. The zero-order valence-electron chi connectivity index (χ0n) is 6.35. The first-order valence-electron chi connectivity index (χ1n) is 3.51. The van der Waals surface area contributed by atoms with Crippen molar-refractivity contribution < 1.29 is 4.42 Å². The molecule has 0 N–H and O–H groups in total. The minimum Gasteiger partial charge on any atom is -0.438 e. The highest BCUT2D eigenvalue weighted by atomic mass is 79.9. The maximum absolute atomic E-state index is 5.95. The van der Waals surface area contributed by atoms with Gasteiger partial charge in [-0.1, -0.05) is 43.5 Å². The van der Waals surface area contributed by atoms with Crippen molar-refractivity contribution in [3.05, 3.63) is 27.5 Å². The van der Waals surface area contributed by atoms with Crippen LogP contribution in [0.25, 0.3) is 11.1 Å². The standard InChI is InChI=1S/C8H4Br2ClNO/c9-3-7-12-6-2-4(10)1-5(11)8(6)13-7/h1-2H,3H2. The molecule has 2 nitrogen and oxygen atoms in total. The van der Waals surface area contributed by atoms with E-state index in [4.69, 9.17) is 16.0 Å². The average Bonchev–Trinajstić information content (AvgIpc) is 2.47. The molecule has 0 spiro atoms. The Hall–Kier alpha value is -0.0600. The third-order valence-corrected chi connectivity index (χ3v) is 2.79. The van der Waals surface area contributed by atoms with E-state index in [-0.39, 0.29) is 0 Å².